The second kappa shape index (κ2) is 9.06. The number of amides is 1. The Morgan fingerprint density at radius 3 is 2.43 bits per heavy atom. The van der Waals surface area contributed by atoms with Gasteiger partial charge in [0, 0.05) is 6.42 Å². The zero-order valence-corrected chi connectivity index (χ0v) is 19.0. The van der Waals surface area contributed by atoms with Crippen molar-refractivity contribution in [2.75, 3.05) is 11.6 Å². The summed E-state index contributed by atoms with van der Waals surface area (Å²) in [7, 11) is 0. The fourth-order valence-corrected chi connectivity index (χ4v) is 4.69. The molecule has 0 unspecified atom stereocenters. The maximum Gasteiger partial charge on any atom is 0.453 e. The molecule has 1 amide bonds. The van der Waals surface area contributed by atoms with Gasteiger partial charge in [-0.15, -0.1) is 10.2 Å². The van der Waals surface area contributed by atoms with Gasteiger partial charge < -0.3 is 5.84 Å². The van der Waals surface area contributed by atoms with E-state index in [2.05, 4.69) is 15.3 Å². The number of alkyl halides is 3. The molecule has 1 aliphatic heterocycles. The van der Waals surface area contributed by atoms with Gasteiger partial charge in [0.05, 0.1) is 17.5 Å². The van der Waals surface area contributed by atoms with Gasteiger partial charge in [-0.2, -0.15) is 18.3 Å². The fourth-order valence-electron chi connectivity index (χ4n) is 3.98. The van der Waals surface area contributed by atoms with E-state index in [9.17, 15) is 18.0 Å². The van der Waals surface area contributed by atoms with Gasteiger partial charge in [-0.3, -0.25) is 4.79 Å². The van der Waals surface area contributed by atoms with Crippen LogP contribution in [-0.2, 0) is 11.0 Å². The maximum absolute atomic E-state index is 13.2. The minimum atomic E-state index is -4.74. The third kappa shape index (κ3) is 4.59. The number of rotatable bonds is 5. The molecule has 2 N–H and O–H groups in total. The van der Waals surface area contributed by atoms with Crippen molar-refractivity contribution in [3.63, 3.8) is 0 Å². The Labute approximate surface area is 202 Å². The number of halogens is 3. The number of nitrogens with two attached hydrogens (primary N) is 1. The van der Waals surface area contributed by atoms with E-state index in [4.69, 9.17) is 5.84 Å². The summed E-state index contributed by atoms with van der Waals surface area (Å²) in [6.07, 6.45) is -4.24. The van der Waals surface area contributed by atoms with Gasteiger partial charge in [-0.05, 0) is 28.0 Å². The fraction of sp³-hybridized carbons (Fsp3) is 0.167. The molecule has 1 aromatic heterocycles. The summed E-state index contributed by atoms with van der Waals surface area (Å²) in [5.74, 6) is 3.58. The number of nitrogen functional groups attached to an aromatic ring is 1. The lowest BCUT2D eigenvalue weighted by Crippen LogP contribution is -2.29. The van der Waals surface area contributed by atoms with Crippen LogP contribution in [0.1, 0.15) is 29.4 Å². The van der Waals surface area contributed by atoms with Gasteiger partial charge >= 0.3 is 6.18 Å². The molecule has 0 saturated carbocycles. The summed E-state index contributed by atoms with van der Waals surface area (Å²) in [6.45, 7) is 0. The molecule has 1 atom stereocenters. The zero-order chi connectivity index (χ0) is 24.6. The SMILES string of the molecule is Nn1c(SCC(=O)N2N=C(c3ccc4ccccc4c3)C[C@H]2c2ccccc2)nnc1C(F)(F)F. The molecule has 0 saturated heterocycles. The first-order valence-corrected chi connectivity index (χ1v) is 11.6. The lowest BCUT2D eigenvalue weighted by Gasteiger charge is -2.21. The standard InChI is InChI=1S/C24H19F3N6OS/c25-24(26,27)22-29-30-23(32(22)28)35-14-21(34)33-20(16-7-2-1-3-8-16)13-19(31-33)18-11-10-15-6-4-5-9-17(15)12-18/h1-12,20H,13-14,28H2/t20-/m0/s1. The Balaban J connectivity index is 1.41. The molecule has 0 spiro atoms. The van der Waals surface area contributed by atoms with Crippen molar-refractivity contribution < 1.29 is 18.0 Å². The third-order valence-electron chi connectivity index (χ3n) is 5.68. The Hall–Kier alpha value is -3.86. The summed E-state index contributed by atoms with van der Waals surface area (Å²) in [6, 6.07) is 23.1. The molecule has 7 nitrogen and oxygen atoms in total. The Morgan fingerprint density at radius 2 is 1.71 bits per heavy atom. The Morgan fingerprint density at radius 1 is 1.00 bits per heavy atom. The number of benzene rings is 3. The average molecular weight is 497 g/mol. The van der Waals surface area contributed by atoms with Gasteiger partial charge in [0.25, 0.3) is 11.7 Å². The number of carbonyl (C=O) groups excluding carboxylic acids is 1. The molecule has 1 aliphatic rings. The van der Waals surface area contributed by atoms with Crippen LogP contribution >= 0.6 is 11.8 Å². The molecule has 0 fully saturated rings. The van der Waals surface area contributed by atoms with E-state index in [1.54, 1.807) is 0 Å². The first kappa shape index (κ1) is 22.9. The lowest BCUT2D eigenvalue weighted by atomic mass is 9.97. The molecular formula is C24H19F3N6OS. The van der Waals surface area contributed by atoms with Crippen molar-refractivity contribution in [1.82, 2.24) is 19.9 Å². The van der Waals surface area contributed by atoms with E-state index in [0.29, 0.717) is 11.1 Å². The van der Waals surface area contributed by atoms with Crippen molar-refractivity contribution in [2.24, 2.45) is 5.10 Å². The van der Waals surface area contributed by atoms with Crippen LogP contribution in [0.15, 0.2) is 83.1 Å². The topological polar surface area (TPSA) is 89.4 Å². The summed E-state index contributed by atoms with van der Waals surface area (Å²) in [5.41, 5.74) is 2.57. The highest BCUT2D eigenvalue weighted by Crippen LogP contribution is 2.34. The van der Waals surface area contributed by atoms with Crippen LogP contribution < -0.4 is 5.84 Å². The van der Waals surface area contributed by atoms with Gasteiger partial charge in [0.1, 0.15) is 0 Å². The van der Waals surface area contributed by atoms with Crippen molar-refractivity contribution in [1.29, 1.82) is 0 Å². The van der Waals surface area contributed by atoms with Gasteiger partial charge in [0.15, 0.2) is 0 Å². The number of hydrogen-bond acceptors (Lipinski definition) is 6. The smallest absolute Gasteiger partial charge is 0.335 e. The van der Waals surface area contributed by atoms with Gasteiger partial charge in [-0.1, -0.05) is 78.5 Å². The van der Waals surface area contributed by atoms with Crippen LogP contribution in [0.2, 0.25) is 0 Å². The van der Waals surface area contributed by atoms with Crippen molar-refractivity contribution in [3.8, 4) is 0 Å². The van der Waals surface area contributed by atoms with Crippen LogP contribution in [0.5, 0.6) is 0 Å². The van der Waals surface area contributed by atoms with E-state index in [1.807, 2.05) is 72.8 Å². The summed E-state index contributed by atoms with van der Waals surface area (Å²) in [4.78, 5) is 13.2. The minimum Gasteiger partial charge on any atom is -0.335 e. The zero-order valence-electron chi connectivity index (χ0n) is 18.2. The molecule has 5 rings (SSSR count). The predicted octanol–water partition coefficient (Wildman–Crippen LogP) is 4.63. The van der Waals surface area contributed by atoms with E-state index in [-0.39, 0.29) is 22.9 Å². The van der Waals surface area contributed by atoms with Crippen molar-refractivity contribution >= 4 is 34.2 Å². The number of thioether (sulfide) groups is 1. The summed E-state index contributed by atoms with van der Waals surface area (Å²) < 4.78 is 39.2. The van der Waals surface area contributed by atoms with Crippen LogP contribution in [-0.4, -0.2) is 37.3 Å². The Kier molecular flexibility index (Phi) is 5.93. The molecule has 4 aromatic rings. The lowest BCUT2D eigenvalue weighted by molar-refractivity contribution is -0.146. The van der Waals surface area contributed by atoms with Gasteiger partial charge in [0.2, 0.25) is 5.16 Å². The predicted molar refractivity (Wildman–Crippen MR) is 127 cm³/mol. The molecule has 0 radical (unpaired) electrons. The maximum atomic E-state index is 13.2. The highest BCUT2D eigenvalue weighted by molar-refractivity contribution is 7.99. The highest BCUT2D eigenvalue weighted by atomic mass is 32.2. The number of fused-ring (bicyclic) bond motifs is 1. The van der Waals surface area contributed by atoms with E-state index >= 15 is 0 Å². The summed E-state index contributed by atoms with van der Waals surface area (Å²) >= 11 is 0.779. The molecule has 3 aromatic carbocycles. The van der Waals surface area contributed by atoms with Crippen LogP contribution in [0.25, 0.3) is 10.8 Å². The quantitative estimate of drug-likeness (QED) is 0.321. The van der Waals surface area contributed by atoms with Crippen LogP contribution in [0, 0.1) is 0 Å². The molecule has 2 heterocycles. The largest absolute Gasteiger partial charge is 0.453 e. The first-order chi connectivity index (χ1) is 16.8. The Bertz CT molecular complexity index is 1420. The van der Waals surface area contributed by atoms with Crippen LogP contribution in [0.3, 0.4) is 0 Å². The average Bonchev–Trinajstić information content (AvgIpc) is 3.47. The molecule has 178 valence electrons. The second-order valence-corrected chi connectivity index (χ2v) is 8.88. The summed E-state index contributed by atoms with van der Waals surface area (Å²) in [5, 5.41) is 14.6. The van der Waals surface area contributed by atoms with E-state index < -0.39 is 12.0 Å². The first-order valence-electron chi connectivity index (χ1n) is 10.7. The molecule has 0 aliphatic carbocycles. The van der Waals surface area contributed by atoms with E-state index in [1.165, 1.54) is 5.01 Å². The van der Waals surface area contributed by atoms with Crippen LogP contribution in [0.4, 0.5) is 13.2 Å². The van der Waals surface area contributed by atoms with Crippen molar-refractivity contribution in [3.05, 3.63) is 89.7 Å². The third-order valence-corrected chi connectivity index (χ3v) is 6.60. The molecule has 0 bridgehead atoms. The molecule has 11 heteroatoms. The number of nitrogens with zero attached hydrogens (tertiary/aromatic N) is 5. The molecule has 35 heavy (non-hydrogen) atoms. The number of hydrazone groups is 1. The molecular weight excluding hydrogens is 477 g/mol. The highest BCUT2D eigenvalue weighted by Gasteiger charge is 2.39. The second-order valence-electron chi connectivity index (χ2n) is 7.94. The normalized spacial score (nSPS) is 16.0. The monoisotopic (exact) mass is 496 g/mol. The minimum absolute atomic E-state index is 0.203. The number of aromatic nitrogens is 3. The number of hydrogen-bond donors (Lipinski definition) is 1. The van der Waals surface area contributed by atoms with Gasteiger partial charge in [-0.25, -0.2) is 9.69 Å². The van der Waals surface area contributed by atoms with E-state index in [0.717, 1.165) is 39.4 Å². The van der Waals surface area contributed by atoms with Crippen molar-refractivity contribution in [2.45, 2.75) is 23.8 Å². The number of carbonyl (C=O) groups is 1.